The second-order valence-corrected chi connectivity index (χ2v) is 5.80. The molecule has 100 valence electrons. The van der Waals surface area contributed by atoms with Gasteiger partial charge in [0.15, 0.2) is 5.58 Å². The summed E-state index contributed by atoms with van der Waals surface area (Å²) in [4.78, 5) is 13.9. The van der Waals surface area contributed by atoms with Gasteiger partial charge < -0.3 is 15.5 Å². The fraction of sp³-hybridized carbons (Fsp3) is 0.500. The predicted octanol–water partition coefficient (Wildman–Crippen LogP) is 2.30. The number of rotatable bonds is 4. The molecule has 0 amide bonds. The third-order valence-electron chi connectivity index (χ3n) is 4.17. The molecule has 2 fully saturated rings. The van der Waals surface area contributed by atoms with Gasteiger partial charge in [0, 0.05) is 12.1 Å². The molecule has 5 heteroatoms. The van der Waals surface area contributed by atoms with E-state index < -0.39 is 5.76 Å². The first kappa shape index (κ1) is 11.0. The lowest BCUT2D eigenvalue weighted by atomic mass is 10.1. The Kier molecular flexibility index (Phi) is 2.19. The van der Waals surface area contributed by atoms with Crippen LogP contribution in [0.25, 0.3) is 11.1 Å². The smallest absolute Gasteiger partial charge is 0.408 e. The summed E-state index contributed by atoms with van der Waals surface area (Å²) >= 11 is 0. The molecule has 1 heterocycles. The van der Waals surface area contributed by atoms with E-state index in [9.17, 15) is 4.79 Å². The fourth-order valence-corrected chi connectivity index (χ4v) is 2.85. The molecular formula is C14H17N3O2. The zero-order valence-electron chi connectivity index (χ0n) is 10.6. The molecular weight excluding hydrogens is 242 g/mol. The first-order valence-corrected chi connectivity index (χ1v) is 6.89. The van der Waals surface area contributed by atoms with Gasteiger partial charge in [0.05, 0.1) is 16.9 Å². The summed E-state index contributed by atoms with van der Waals surface area (Å²) in [5.41, 5.74) is 8.81. The molecule has 2 aromatic rings. The quantitative estimate of drug-likeness (QED) is 0.736. The van der Waals surface area contributed by atoms with Gasteiger partial charge in [-0.25, -0.2) is 4.79 Å². The normalized spacial score (nSPS) is 19.2. The van der Waals surface area contributed by atoms with E-state index in [1.165, 1.54) is 25.7 Å². The molecule has 2 aliphatic carbocycles. The molecule has 2 aliphatic rings. The van der Waals surface area contributed by atoms with Crippen LogP contribution < -0.4 is 16.8 Å². The van der Waals surface area contributed by atoms with Gasteiger partial charge in [0.25, 0.3) is 0 Å². The minimum Gasteiger partial charge on any atom is -0.408 e. The van der Waals surface area contributed by atoms with Gasteiger partial charge in [-0.3, -0.25) is 4.98 Å². The van der Waals surface area contributed by atoms with Gasteiger partial charge in [-0.05, 0) is 43.6 Å². The van der Waals surface area contributed by atoms with Crippen LogP contribution in [0.5, 0.6) is 0 Å². The van der Waals surface area contributed by atoms with E-state index in [0.717, 1.165) is 17.5 Å². The number of aromatic amines is 1. The van der Waals surface area contributed by atoms with E-state index in [-0.39, 0.29) is 0 Å². The summed E-state index contributed by atoms with van der Waals surface area (Å²) in [6.07, 6.45) is 5.27. The van der Waals surface area contributed by atoms with E-state index in [1.54, 1.807) is 6.07 Å². The summed E-state index contributed by atoms with van der Waals surface area (Å²) in [7, 11) is 0. The molecule has 1 aromatic heterocycles. The SMILES string of the molecule is Nc1cc2oc(=O)[nH]c2cc1NC(C1CC1)C1CC1. The van der Waals surface area contributed by atoms with Gasteiger partial charge in [0.1, 0.15) is 0 Å². The summed E-state index contributed by atoms with van der Waals surface area (Å²) in [6, 6.07) is 4.14. The Morgan fingerprint density at radius 2 is 1.95 bits per heavy atom. The number of benzene rings is 1. The van der Waals surface area contributed by atoms with Crippen molar-refractivity contribution < 1.29 is 4.42 Å². The number of hydrogen-bond donors (Lipinski definition) is 3. The van der Waals surface area contributed by atoms with Crippen LogP contribution in [0.3, 0.4) is 0 Å². The highest BCUT2D eigenvalue weighted by Gasteiger charge is 2.41. The molecule has 0 aliphatic heterocycles. The van der Waals surface area contributed by atoms with E-state index >= 15 is 0 Å². The van der Waals surface area contributed by atoms with Crippen molar-refractivity contribution >= 4 is 22.5 Å². The lowest BCUT2D eigenvalue weighted by molar-refractivity contribution is 0.555. The van der Waals surface area contributed by atoms with Crippen LogP contribution in [0, 0.1) is 11.8 Å². The number of hydrogen-bond acceptors (Lipinski definition) is 4. The van der Waals surface area contributed by atoms with Gasteiger partial charge in [-0.15, -0.1) is 0 Å². The second-order valence-electron chi connectivity index (χ2n) is 5.80. The van der Waals surface area contributed by atoms with E-state index in [0.29, 0.717) is 22.8 Å². The number of H-pyrrole nitrogens is 1. The summed E-state index contributed by atoms with van der Waals surface area (Å²) in [5, 5.41) is 3.58. The van der Waals surface area contributed by atoms with Crippen LogP contribution in [0.2, 0.25) is 0 Å². The van der Waals surface area contributed by atoms with Crippen LogP contribution in [0.4, 0.5) is 11.4 Å². The van der Waals surface area contributed by atoms with E-state index in [4.69, 9.17) is 10.2 Å². The molecule has 2 saturated carbocycles. The molecule has 0 saturated heterocycles. The Labute approximate surface area is 110 Å². The minimum absolute atomic E-state index is 0.438. The third-order valence-corrected chi connectivity index (χ3v) is 4.17. The molecule has 1 aromatic carbocycles. The van der Waals surface area contributed by atoms with Crippen molar-refractivity contribution in [3.8, 4) is 0 Å². The number of oxazole rings is 1. The molecule has 19 heavy (non-hydrogen) atoms. The first-order valence-electron chi connectivity index (χ1n) is 6.89. The Bertz CT molecular complexity index is 668. The topological polar surface area (TPSA) is 84.0 Å². The highest BCUT2D eigenvalue weighted by Crippen LogP contribution is 2.46. The lowest BCUT2D eigenvalue weighted by Crippen LogP contribution is -2.24. The maximum Gasteiger partial charge on any atom is 0.417 e. The standard InChI is InChI=1S/C14H17N3O2/c15-9-5-12-11(17-14(18)19-12)6-10(9)16-13(7-1-2-7)8-3-4-8/h5-8,13,16H,1-4,15H2,(H,17,18). The fourth-order valence-electron chi connectivity index (χ4n) is 2.85. The Balaban J connectivity index is 1.68. The maximum absolute atomic E-state index is 11.2. The Morgan fingerprint density at radius 1 is 1.26 bits per heavy atom. The Hall–Kier alpha value is -1.91. The van der Waals surface area contributed by atoms with Gasteiger partial charge in [-0.2, -0.15) is 0 Å². The largest absolute Gasteiger partial charge is 0.417 e. The summed E-state index contributed by atoms with van der Waals surface area (Å²) < 4.78 is 5.01. The van der Waals surface area contributed by atoms with Crippen molar-refractivity contribution in [3.63, 3.8) is 0 Å². The van der Waals surface area contributed by atoms with Crippen molar-refractivity contribution in [2.45, 2.75) is 31.7 Å². The van der Waals surface area contributed by atoms with Gasteiger partial charge in [0.2, 0.25) is 0 Å². The average Bonchev–Trinajstić information content (AvgIpc) is 3.24. The van der Waals surface area contributed by atoms with Crippen LogP contribution in [0.1, 0.15) is 25.7 Å². The predicted molar refractivity (Wildman–Crippen MR) is 74.1 cm³/mol. The zero-order valence-corrected chi connectivity index (χ0v) is 10.6. The molecule has 4 N–H and O–H groups in total. The molecule has 0 spiro atoms. The highest BCUT2D eigenvalue weighted by molar-refractivity contribution is 5.85. The number of aromatic nitrogens is 1. The molecule has 0 bridgehead atoms. The van der Waals surface area contributed by atoms with Crippen molar-refractivity contribution in [2.75, 3.05) is 11.1 Å². The molecule has 4 rings (SSSR count). The van der Waals surface area contributed by atoms with Gasteiger partial charge in [-0.1, -0.05) is 0 Å². The third kappa shape index (κ3) is 1.99. The number of anilines is 2. The van der Waals surface area contributed by atoms with Crippen molar-refractivity contribution in [2.24, 2.45) is 11.8 Å². The highest BCUT2D eigenvalue weighted by atomic mass is 16.4. The molecule has 0 radical (unpaired) electrons. The van der Waals surface area contributed by atoms with E-state index in [1.807, 2.05) is 6.07 Å². The van der Waals surface area contributed by atoms with Crippen LogP contribution in [0.15, 0.2) is 21.3 Å². The lowest BCUT2D eigenvalue weighted by Gasteiger charge is -2.20. The van der Waals surface area contributed by atoms with Crippen molar-refractivity contribution in [3.05, 3.63) is 22.7 Å². The van der Waals surface area contributed by atoms with Gasteiger partial charge >= 0.3 is 5.76 Å². The number of nitrogens with two attached hydrogens (primary N) is 1. The van der Waals surface area contributed by atoms with E-state index in [2.05, 4.69) is 10.3 Å². The first-order chi connectivity index (χ1) is 9.20. The minimum atomic E-state index is -0.438. The number of nitrogen functional groups attached to an aromatic ring is 1. The zero-order chi connectivity index (χ0) is 13.0. The second kappa shape index (κ2) is 3.79. The van der Waals surface area contributed by atoms with Crippen LogP contribution >= 0.6 is 0 Å². The molecule has 0 unspecified atom stereocenters. The summed E-state index contributed by atoms with van der Waals surface area (Å²) in [5.74, 6) is 1.16. The molecule has 5 nitrogen and oxygen atoms in total. The van der Waals surface area contributed by atoms with Crippen molar-refractivity contribution in [1.82, 2.24) is 4.98 Å². The summed E-state index contributed by atoms with van der Waals surface area (Å²) in [6.45, 7) is 0. The maximum atomic E-state index is 11.2. The van der Waals surface area contributed by atoms with Crippen LogP contribution in [-0.4, -0.2) is 11.0 Å². The number of nitrogens with one attached hydrogen (secondary N) is 2. The Morgan fingerprint density at radius 3 is 2.58 bits per heavy atom. The monoisotopic (exact) mass is 259 g/mol. The molecule has 0 atom stereocenters. The average molecular weight is 259 g/mol. The number of fused-ring (bicyclic) bond motifs is 1. The van der Waals surface area contributed by atoms with Crippen molar-refractivity contribution in [1.29, 1.82) is 0 Å². The van der Waals surface area contributed by atoms with Crippen LogP contribution in [-0.2, 0) is 0 Å².